The van der Waals surface area contributed by atoms with E-state index in [0.717, 1.165) is 32.1 Å². The first-order valence-corrected chi connectivity index (χ1v) is 13.2. The first-order chi connectivity index (χ1) is 18.3. The van der Waals surface area contributed by atoms with Crippen LogP contribution in [0.2, 0.25) is 0 Å². The topological polar surface area (TPSA) is 117 Å². The monoisotopic (exact) mass is 531 g/mol. The molecule has 2 aromatic heterocycles. The highest BCUT2D eigenvalue weighted by Gasteiger charge is 2.42. The molecule has 204 valence electrons. The van der Waals surface area contributed by atoms with Crippen molar-refractivity contribution in [1.82, 2.24) is 24.8 Å². The minimum Gasteiger partial charge on any atom is -0.380 e. The number of rotatable bonds is 8. The Bertz CT molecular complexity index is 1290. The van der Waals surface area contributed by atoms with Gasteiger partial charge in [-0.1, -0.05) is 19.8 Å². The van der Waals surface area contributed by atoms with Crippen molar-refractivity contribution in [3.05, 3.63) is 35.8 Å². The third-order valence-electron chi connectivity index (χ3n) is 7.47. The van der Waals surface area contributed by atoms with E-state index in [1.54, 1.807) is 4.57 Å². The Labute approximate surface area is 218 Å². The molecule has 0 saturated heterocycles. The molecule has 12 heteroatoms. The van der Waals surface area contributed by atoms with Crippen LogP contribution in [0.4, 0.5) is 30.8 Å². The van der Waals surface area contributed by atoms with Gasteiger partial charge < -0.3 is 21.1 Å². The maximum Gasteiger partial charge on any atom is 0.252 e. The fourth-order valence-corrected chi connectivity index (χ4v) is 5.38. The third kappa shape index (κ3) is 5.27. The summed E-state index contributed by atoms with van der Waals surface area (Å²) in [5.41, 5.74) is -1.18. The number of nitrogens with one attached hydrogen (secondary N) is 3. The van der Waals surface area contributed by atoms with Crippen molar-refractivity contribution >= 4 is 34.7 Å². The SMILES string of the molecule is CCCNc1ncc2nc(Nc3c(F)cc(F)cc3F)n(C3CCC(O)(C(=O)NC4CCCC4)CC3)c2n1. The van der Waals surface area contributed by atoms with Crippen molar-refractivity contribution in [3.63, 3.8) is 0 Å². The number of hydrogen-bond acceptors (Lipinski definition) is 7. The number of anilines is 3. The van der Waals surface area contributed by atoms with Crippen LogP contribution in [0.1, 0.15) is 70.8 Å². The summed E-state index contributed by atoms with van der Waals surface area (Å²) in [6, 6.07) is 1.01. The Morgan fingerprint density at radius 3 is 2.45 bits per heavy atom. The van der Waals surface area contributed by atoms with Gasteiger partial charge in [0.15, 0.2) is 17.3 Å². The summed E-state index contributed by atoms with van der Waals surface area (Å²) in [5.74, 6) is -3.08. The number of benzene rings is 1. The summed E-state index contributed by atoms with van der Waals surface area (Å²) in [5, 5.41) is 20.0. The van der Waals surface area contributed by atoms with Crippen LogP contribution in [0, 0.1) is 17.5 Å². The van der Waals surface area contributed by atoms with Crippen molar-refractivity contribution in [2.75, 3.05) is 17.2 Å². The van der Waals surface area contributed by atoms with Gasteiger partial charge in [-0.2, -0.15) is 4.98 Å². The molecule has 2 saturated carbocycles. The molecule has 5 rings (SSSR count). The molecule has 0 atom stereocenters. The van der Waals surface area contributed by atoms with Crippen LogP contribution in [0.5, 0.6) is 0 Å². The minimum absolute atomic E-state index is 0.101. The molecule has 38 heavy (non-hydrogen) atoms. The van der Waals surface area contributed by atoms with Crippen LogP contribution in [0.25, 0.3) is 11.2 Å². The first kappa shape index (κ1) is 26.2. The maximum absolute atomic E-state index is 14.5. The summed E-state index contributed by atoms with van der Waals surface area (Å²) in [7, 11) is 0. The second-order valence-electron chi connectivity index (χ2n) is 10.2. The van der Waals surface area contributed by atoms with Crippen LogP contribution in [0.15, 0.2) is 18.3 Å². The normalized spacial score (nSPS) is 22.1. The molecule has 0 radical (unpaired) electrons. The Morgan fingerprint density at radius 2 is 1.79 bits per heavy atom. The van der Waals surface area contributed by atoms with Gasteiger partial charge in [-0.15, -0.1) is 0 Å². The molecular formula is C26H32F3N7O2. The van der Waals surface area contributed by atoms with Crippen LogP contribution in [-0.2, 0) is 4.79 Å². The Kier molecular flexibility index (Phi) is 7.42. The number of aliphatic hydroxyl groups is 1. The zero-order valence-electron chi connectivity index (χ0n) is 21.2. The molecule has 1 aromatic carbocycles. The quantitative estimate of drug-likeness (QED) is 0.333. The molecule has 0 aliphatic heterocycles. The lowest BCUT2D eigenvalue weighted by Gasteiger charge is -2.36. The predicted octanol–water partition coefficient (Wildman–Crippen LogP) is 4.71. The number of halogens is 3. The van der Waals surface area contributed by atoms with E-state index in [1.165, 1.54) is 6.20 Å². The highest BCUT2D eigenvalue weighted by Crippen LogP contribution is 2.39. The number of hydrogen-bond donors (Lipinski definition) is 4. The van der Waals surface area contributed by atoms with Gasteiger partial charge in [-0.3, -0.25) is 9.36 Å². The number of carbonyl (C=O) groups is 1. The zero-order valence-corrected chi connectivity index (χ0v) is 21.2. The second-order valence-corrected chi connectivity index (χ2v) is 10.2. The summed E-state index contributed by atoms with van der Waals surface area (Å²) >= 11 is 0. The van der Waals surface area contributed by atoms with Crippen molar-refractivity contribution in [2.45, 2.75) is 82.4 Å². The molecule has 2 aliphatic carbocycles. The maximum atomic E-state index is 14.5. The van der Waals surface area contributed by atoms with Gasteiger partial charge in [0.05, 0.1) is 6.20 Å². The number of nitrogens with zero attached hydrogens (tertiary/aromatic N) is 4. The van der Waals surface area contributed by atoms with Gasteiger partial charge in [-0.25, -0.2) is 23.1 Å². The van der Waals surface area contributed by atoms with Crippen LogP contribution >= 0.6 is 0 Å². The van der Waals surface area contributed by atoms with E-state index < -0.39 is 28.7 Å². The average Bonchev–Trinajstić information content (AvgIpc) is 3.52. The molecule has 4 N–H and O–H groups in total. The van der Waals surface area contributed by atoms with E-state index >= 15 is 0 Å². The number of aromatic nitrogens is 4. The van der Waals surface area contributed by atoms with Crippen LogP contribution in [0.3, 0.4) is 0 Å². The predicted molar refractivity (Wildman–Crippen MR) is 137 cm³/mol. The fraction of sp³-hybridized carbons (Fsp3) is 0.538. The van der Waals surface area contributed by atoms with E-state index in [4.69, 9.17) is 0 Å². The number of carbonyl (C=O) groups excluding carboxylic acids is 1. The minimum atomic E-state index is -1.49. The van der Waals surface area contributed by atoms with Gasteiger partial charge in [0, 0.05) is 30.8 Å². The summed E-state index contributed by atoms with van der Waals surface area (Å²) in [6.07, 6.45) is 7.60. The number of fused-ring (bicyclic) bond motifs is 1. The fourth-order valence-electron chi connectivity index (χ4n) is 5.38. The second kappa shape index (κ2) is 10.8. The molecule has 1 amide bonds. The van der Waals surface area contributed by atoms with E-state index in [2.05, 4.69) is 30.9 Å². The highest BCUT2D eigenvalue weighted by atomic mass is 19.1. The largest absolute Gasteiger partial charge is 0.380 e. The lowest BCUT2D eigenvalue weighted by Crippen LogP contribution is -2.51. The molecular weight excluding hydrogens is 499 g/mol. The van der Waals surface area contributed by atoms with Crippen molar-refractivity contribution in [3.8, 4) is 0 Å². The van der Waals surface area contributed by atoms with Crippen LogP contribution in [-0.4, -0.2) is 48.7 Å². The lowest BCUT2D eigenvalue weighted by molar-refractivity contribution is -0.144. The van der Waals surface area contributed by atoms with Gasteiger partial charge >= 0.3 is 0 Å². The number of amides is 1. The molecule has 2 aliphatic rings. The molecule has 0 unspecified atom stereocenters. The highest BCUT2D eigenvalue weighted by molar-refractivity contribution is 5.85. The third-order valence-corrected chi connectivity index (χ3v) is 7.47. The van der Waals surface area contributed by atoms with Crippen molar-refractivity contribution in [1.29, 1.82) is 0 Å². The Hall–Kier alpha value is -3.41. The zero-order chi connectivity index (χ0) is 26.9. The lowest BCUT2D eigenvalue weighted by atomic mass is 9.81. The van der Waals surface area contributed by atoms with Crippen molar-refractivity contribution < 1.29 is 23.1 Å². The van der Waals surface area contributed by atoms with Gasteiger partial charge in [-0.05, 0) is 44.9 Å². The smallest absolute Gasteiger partial charge is 0.252 e. The molecule has 0 bridgehead atoms. The van der Waals surface area contributed by atoms with Crippen molar-refractivity contribution in [2.24, 2.45) is 0 Å². The average molecular weight is 532 g/mol. The molecule has 3 aromatic rings. The Balaban J connectivity index is 1.45. The molecule has 2 fully saturated rings. The van der Waals surface area contributed by atoms with Crippen LogP contribution < -0.4 is 16.0 Å². The van der Waals surface area contributed by atoms with Gasteiger partial charge in [0.25, 0.3) is 5.91 Å². The standard InChI is InChI=1S/C26H32F3N7O2/c1-2-11-30-24-31-14-20-22(35-24)36(25(33-20)34-21-18(28)12-15(27)13-19(21)29)17-7-9-26(38,10-8-17)23(37)32-16-5-3-4-6-16/h12-14,16-17,38H,2-11H2,1H3,(H,32,37)(H,33,34)(H,30,31,35). The molecule has 9 nitrogen and oxygen atoms in total. The molecule has 2 heterocycles. The van der Waals surface area contributed by atoms with Gasteiger partial charge in [0.2, 0.25) is 11.9 Å². The van der Waals surface area contributed by atoms with E-state index in [9.17, 15) is 23.1 Å². The van der Waals surface area contributed by atoms with E-state index in [-0.39, 0.29) is 36.8 Å². The summed E-state index contributed by atoms with van der Waals surface area (Å²) < 4.78 is 44.2. The Morgan fingerprint density at radius 1 is 1.11 bits per heavy atom. The summed E-state index contributed by atoms with van der Waals surface area (Å²) in [6.45, 7) is 2.67. The summed E-state index contributed by atoms with van der Waals surface area (Å²) in [4.78, 5) is 26.3. The van der Waals surface area contributed by atoms with Gasteiger partial charge in [0.1, 0.15) is 22.6 Å². The van der Waals surface area contributed by atoms with E-state index in [1.807, 2.05) is 6.92 Å². The molecule has 0 spiro atoms. The van der Waals surface area contributed by atoms with E-state index in [0.29, 0.717) is 48.6 Å². The first-order valence-electron chi connectivity index (χ1n) is 13.2. The number of imidazole rings is 1.